The first kappa shape index (κ1) is 39.7. The molecule has 1 amide bonds. The van der Waals surface area contributed by atoms with Gasteiger partial charge in [-0.15, -0.1) is 23.5 Å². The predicted octanol–water partition coefficient (Wildman–Crippen LogP) is 0.321. The zero-order valence-electron chi connectivity index (χ0n) is 25.0. The number of aromatic nitrogens is 4. The molecule has 0 aliphatic carbocycles. The predicted molar refractivity (Wildman–Crippen MR) is 164 cm³/mol. The number of thioether (sulfide) groups is 2. The average Bonchev–Trinajstić information content (AvgIpc) is 3.68. The third-order valence-corrected chi connectivity index (χ3v) is 7.64. The molecule has 254 valence electrons. The van der Waals surface area contributed by atoms with E-state index in [0.29, 0.717) is 30.8 Å². The summed E-state index contributed by atoms with van der Waals surface area (Å²) in [7, 11) is 1.00. The summed E-state index contributed by atoms with van der Waals surface area (Å²) in [4.78, 5) is 50.9. The summed E-state index contributed by atoms with van der Waals surface area (Å²) in [6.45, 7) is 3.75. The van der Waals surface area contributed by atoms with E-state index in [4.69, 9.17) is 41.6 Å². The molecule has 0 bridgehead atoms. The Labute approximate surface area is 265 Å². The van der Waals surface area contributed by atoms with Crippen LogP contribution in [0.5, 0.6) is 0 Å². The van der Waals surface area contributed by atoms with Crippen molar-refractivity contribution in [2.45, 2.75) is 62.9 Å². The molecule has 2 aromatic heterocycles. The summed E-state index contributed by atoms with van der Waals surface area (Å²) >= 11 is 2.73. The Morgan fingerprint density at radius 1 is 0.933 bits per heavy atom. The lowest BCUT2D eigenvalue weighted by Gasteiger charge is -2.15. The number of esters is 1. The maximum atomic E-state index is 13.4. The van der Waals surface area contributed by atoms with Crippen molar-refractivity contribution < 1.29 is 42.8 Å². The summed E-state index contributed by atoms with van der Waals surface area (Å²) in [5, 5.41) is 15.9. The SMILES string of the molecule is CCCC(=O)OC[C@@H]1OC(n2cc(F)c(N)nc2=O)CS1.CCCC(N)=O.CO.Nc1nc(=O)n(C2CS[C@H](CO)O2)cc1F. The molecular weight excluding hydrogens is 644 g/mol. The number of primary amides is 1. The molecular formula is C25H39F2N7O9S2. The van der Waals surface area contributed by atoms with Crippen LogP contribution in [0.4, 0.5) is 20.4 Å². The van der Waals surface area contributed by atoms with E-state index in [1.807, 2.05) is 13.8 Å². The van der Waals surface area contributed by atoms with E-state index in [9.17, 15) is 28.0 Å². The second kappa shape index (κ2) is 20.7. The van der Waals surface area contributed by atoms with Crippen LogP contribution >= 0.6 is 23.5 Å². The zero-order valence-corrected chi connectivity index (χ0v) is 26.6. The number of carbonyl (C=O) groups is 2. The normalized spacial score (nSPS) is 20.1. The quantitative estimate of drug-likeness (QED) is 0.223. The van der Waals surface area contributed by atoms with E-state index >= 15 is 0 Å². The van der Waals surface area contributed by atoms with Crippen molar-refractivity contribution in [3.8, 4) is 0 Å². The zero-order chi connectivity index (χ0) is 34.1. The monoisotopic (exact) mass is 683 g/mol. The number of hydrogen-bond donors (Lipinski definition) is 5. The number of halogens is 2. The van der Waals surface area contributed by atoms with Crippen molar-refractivity contribution in [2.75, 3.05) is 43.3 Å². The molecule has 0 aromatic carbocycles. The van der Waals surface area contributed by atoms with Crippen LogP contribution in [-0.4, -0.2) is 83.9 Å². The summed E-state index contributed by atoms with van der Waals surface area (Å²) in [5.41, 5.74) is 13.0. The molecule has 2 aliphatic rings. The van der Waals surface area contributed by atoms with E-state index in [0.717, 1.165) is 35.1 Å². The van der Waals surface area contributed by atoms with Crippen LogP contribution in [0.15, 0.2) is 22.0 Å². The minimum absolute atomic E-state index is 0.0969. The number of rotatable bonds is 9. The van der Waals surface area contributed by atoms with Crippen LogP contribution in [0, 0.1) is 11.6 Å². The van der Waals surface area contributed by atoms with Gasteiger partial charge in [-0.1, -0.05) is 13.8 Å². The van der Waals surface area contributed by atoms with Crippen molar-refractivity contribution in [2.24, 2.45) is 5.73 Å². The molecule has 4 heterocycles. The van der Waals surface area contributed by atoms with Gasteiger partial charge in [0.05, 0.1) is 19.0 Å². The first-order chi connectivity index (χ1) is 21.4. The lowest BCUT2D eigenvalue weighted by molar-refractivity contribution is -0.147. The molecule has 8 N–H and O–H groups in total. The van der Waals surface area contributed by atoms with Gasteiger partial charge in [-0.2, -0.15) is 9.97 Å². The van der Waals surface area contributed by atoms with Gasteiger partial charge in [0.15, 0.2) is 23.3 Å². The summed E-state index contributed by atoms with van der Waals surface area (Å²) in [6, 6.07) is 0. The van der Waals surface area contributed by atoms with Gasteiger partial charge in [-0.3, -0.25) is 18.7 Å². The highest BCUT2D eigenvalue weighted by atomic mass is 32.2. The highest BCUT2D eigenvalue weighted by Crippen LogP contribution is 2.32. The molecule has 2 aliphatic heterocycles. The molecule has 16 nitrogen and oxygen atoms in total. The highest BCUT2D eigenvalue weighted by molar-refractivity contribution is 8.00. The molecule has 2 unspecified atom stereocenters. The molecule has 20 heteroatoms. The number of amides is 1. The van der Waals surface area contributed by atoms with Gasteiger partial charge in [0.25, 0.3) is 0 Å². The summed E-state index contributed by atoms with van der Waals surface area (Å²) < 4.78 is 44.5. The summed E-state index contributed by atoms with van der Waals surface area (Å²) in [5.74, 6) is -2.02. The Hall–Kier alpha value is -3.30. The third-order valence-electron chi connectivity index (χ3n) is 5.44. The molecule has 0 saturated carbocycles. The van der Waals surface area contributed by atoms with Crippen LogP contribution in [0.25, 0.3) is 0 Å². The lowest BCUT2D eigenvalue weighted by atomic mass is 10.3. The Kier molecular flexibility index (Phi) is 18.3. The van der Waals surface area contributed by atoms with Gasteiger partial charge in [-0.25, -0.2) is 18.4 Å². The molecule has 2 saturated heterocycles. The number of aliphatic hydroxyl groups excluding tert-OH is 2. The fourth-order valence-electron chi connectivity index (χ4n) is 3.37. The van der Waals surface area contributed by atoms with Gasteiger partial charge in [0.1, 0.15) is 29.9 Å². The number of nitrogen functional groups attached to an aromatic ring is 2. The summed E-state index contributed by atoms with van der Waals surface area (Å²) in [6.07, 6.45) is 3.11. The van der Waals surface area contributed by atoms with Crippen molar-refractivity contribution >= 4 is 47.0 Å². The fraction of sp³-hybridized carbons (Fsp3) is 0.600. The van der Waals surface area contributed by atoms with Crippen LogP contribution in [0.1, 0.15) is 52.0 Å². The highest BCUT2D eigenvalue weighted by Gasteiger charge is 2.30. The number of carbonyl (C=O) groups excluding carboxylic acids is 2. The number of anilines is 2. The third kappa shape index (κ3) is 13.3. The van der Waals surface area contributed by atoms with E-state index < -0.39 is 52.5 Å². The van der Waals surface area contributed by atoms with Crippen LogP contribution in [0.2, 0.25) is 0 Å². The molecule has 2 fully saturated rings. The Bertz CT molecular complexity index is 1350. The van der Waals surface area contributed by atoms with E-state index in [1.54, 1.807) is 0 Å². The standard InChI is InChI=1S/C12H16FN3O4S.C8H10FN3O3S.C4H9NO.CH4O/c1-2-3-9(17)19-5-10-20-8(6-21-10)16-4-7(13)11(14)15-12(16)18;9-4-1-12(8(14)11-7(4)10)5-3-16-6(2-13)15-5;1-2-3-4(5)6;1-2/h4,8,10H,2-3,5-6H2,1H3,(H2,14,15,18);1,5-6,13H,2-3H2,(H2,10,11,14);2-3H2,1H3,(H2,5,6);2H,1H3/t8?,10-;5?,6-;;/m11../s1. The van der Waals surface area contributed by atoms with Gasteiger partial charge >= 0.3 is 17.3 Å². The van der Waals surface area contributed by atoms with Gasteiger partial charge in [-0.05, 0) is 12.8 Å². The molecule has 0 spiro atoms. The second-order valence-corrected chi connectivity index (χ2v) is 11.3. The van der Waals surface area contributed by atoms with Gasteiger partial charge in [0, 0.05) is 31.5 Å². The van der Waals surface area contributed by atoms with Crippen molar-refractivity contribution in [1.82, 2.24) is 19.1 Å². The minimum atomic E-state index is -0.777. The van der Waals surface area contributed by atoms with Gasteiger partial charge < -0.3 is 41.6 Å². The largest absolute Gasteiger partial charge is 0.462 e. The molecule has 0 radical (unpaired) electrons. The lowest BCUT2D eigenvalue weighted by Crippen LogP contribution is -2.30. The van der Waals surface area contributed by atoms with E-state index in [-0.39, 0.29) is 30.5 Å². The number of ether oxygens (including phenoxy) is 3. The Balaban J connectivity index is 0.000000372. The smallest absolute Gasteiger partial charge is 0.351 e. The first-order valence-corrected chi connectivity index (χ1v) is 15.6. The van der Waals surface area contributed by atoms with Crippen molar-refractivity contribution in [1.29, 1.82) is 0 Å². The van der Waals surface area contributed by atoms with E-state index in [2.05, 4.69) is 9.97 Å². The molecule has 4 atom stereocenters. The molecule has 2 aromatic rings. The second-order valence-electron chi connectivity index (χ2n) is 8.87. The maximum absolute atomic E-state index is 13.4. The van der Waals surface area contributed by atoms with Crippen LogP contribution in [-0.2, 0) is 23.8 Å². The van der Waals surface area contributed by atoms with Crippen molar-refractivity contribution in [3.63, 3.8) is 0 Å². The number of nitrogens with two attached hydrogens (primary N) is 3. The topological polar surface area (TPSA) is 250 Å². The Morgan fingerprint density at radius 3 is 1.76 bits per heavy atom. The van der Waals surface area contributed by atoms with Crippen molar-refractivity contribution in [3.05, 3.63) is 45.0 Å². The first-order valence-electron chi connectivity index (χ1n) is 13.5. The average molecular weight is 684 g/mol. The van der Waals surface area contributed by atoms with Crippen LogP contribution < -0.4 is 28.6 Å². The van der Waals surface area contributed by atoms with E-state index in [1.165, 1.54) is 23.5 Å². The number of aliphatic hydroxyl groups is 2. The maximum Gasteiger partial charge on any atom is 0.351 e. The fourth-order valence-corrected chi connectivity index (χ4v) is 5.29. The molecule has 4 rings (SSSR count). The number of nitrogens with zero attached hydrogens (tertiary/aromatic N) is 4. The Morgan fingerprint density at radius 2 is 1.38 bits per heavy atom. The molecule has 45 heavy (non-hydrogen) atoms. The van der Waals surface area contributed by atoms with Crippen LogP contribution in [0.3, 0.4) is 0 Å². The minimum Gasteiger partial charge on any atom is -0.462 e. The van der Waals surface area contributed by atoms with Gasteiger partial charge in [0.2, 0.25) is 5.91 Å². The number of hydrogen-bond acceptors (Lipinski definition) is 15.